The van der Waals surface area contributed by atoms with Crippen molar-refractivity contribution >= 4 is 29.0 Å². The van der Waals surface area contributed by atoms with Crippen LogP contribution in [0, 0.1) is 15.9 Å². The number of hydrogen-bond acceptors (Lipinski definition) is 5. The van der Waals surface area contributed by atoms with Crippen molar-refractivity contribution in [3.05, 3.63) is 58.4 Å². The SMILES string of the molecule is COc1ccc([N+](=O)[O-])cc1NC(=O)CSc1ccc(F)cc1. The van der Waals surface area contributed by atoms with Gasteiger partial charge in [-0.1, -0.05) is 0 Å². The van der Waals surface area contributed by atoms with Crippen molar-refractivity contribution < 1.29 is 18.8 Å². The molecule has 0 fully saturated rings. The number of methoxy groups -OCH3 is 1. The van der Waals surface area contributed by atoms with Gasteiger partial charge in [-0.2, -0.15) is 0 Å². The molecule has 1 N–H and O–H groups in total. The van der Waals surface area contributed by atoms with Crippen LogP contribution in [0.15, 0.2) is 47.4 Å². The van der Waals surface area contributed by atoms with E-state index in [1.807, 2.05) is 0 Å². The number of anilines is 1. The lowest BCUT2D eigenvalue weighted by Crippen LogP contribution is -2.14. The molecule has 0 unspecified atom stereocenters. The Labute approximate surface area is 135 Å². The molecular weight excluding hydrogens is 323 g/mol. The van der Waals surface area contributed by atoms with Crippen LogP contribution >= 0.6 is 11.8 Å². The lowest BCUT2D eigenvalue weighted by Gasteiger charge is -2.10. The quantitative estimate of drug-likeness (QED) is 0.496. The number of halogens is 1. The third-order valence-corrected chi connectivity index (χ3v) is 3.86. The van der Waals surface area contributed by atoms with Crippen molar-refractivity contribution in [2.24, 2.45) is 0 Å². The minimum Gasteiger partial charge on any atom is -0.495 e. The lowest BCUT2D eigenvalue weighted by atomic mass is 10.2. The predicted molar refractivity (Wildman–Crippen MR) is 85.4 cm³/mol. The summed E-state index contributed by atoms with van der Waals surface area (Å²) in [7, 11) is 1.41. The Bertz CT molecular complexity index is 722. The van der Waals surface area contributed by atoms with Crippen molar-refractivity contribution in [1.29, 1.82) is 0 Å². The largest absolute Gasteiger partial charge is 0.495 e. The van der Waals surface area contributed by atoms with E-state index in [0.29, 0.717) is 5.75 Å². The predicted octanol–water partition coefficient (Wildman–Crippen LogP) is 3.47. The Balaban J connectivity index is 2.02. The van der Waals surface area contributed by atoms with Gasteiger partial charge in [-0.25, -0.2) is 4.39 Å². The molecular formula is C15H13FN2O4S. The molecule has 0 aromatic heterocycles. The van der Waals surface area contributed by atoms with Crippen LogP contribution in [-0.2, 0) is 4.79 Å². The number of thioether (sulfide) groups is 1. The van der Waals surface area contributed by atoms with Gasteiger partial charge < -0.3 is 10.1 Å². The summed E-state index contributed by atoms with van der Waals surface area (Å²) in [5.41, 5.74) is 0.0821. The minimum atomic E-state index is -0.553. The third-order valence-electron chi connectivity index (χ3n) is 2.85. The van der Waals surface area contributed by atoms with Gasteiger partial charge >= 0.3 is 0 Å². The molecule has 0 aliphatic rings. The van der Waals surface area contributed by atoms with Crippen molar-refractivity contribution in [2.75, 3.05) is 18.2 Å². The number of nitrogens with zero attached hydrogens (tertiary/aromatic N) is 1. The number of nitro benzene ring substituents is 1. The van der Waals surface area contributed by atoms with E-state index < -0.39 is 4.92 Å². The fourth-order valence-corrected chi connectivity index (χ4v) is 2.47. The highest BCUT2D eigenvalue weighted by Gasteiger charge is 2.13. The summed E-state index contributed by atoms with van der Waals surface area (Å²) in [6, 6.07) is 9.71. The molecule has 0 aliphatic heterocycles. The van der Waals surface area contributed by atoms with Crippen LogP contribution in [0.4, 0.5) is 15.8 Å². The van der Waals surface area contributed by atoms with Crippen LogP contribution in [-0.4, -0.2) is 23.7 Å². The molecule has 1 amide bonds. The molecule has 0 saturated heterocycles. The van der Waals surface area contributed by atoms with Gasteiger partial charge in [0, 0.05) is 17.0 Å². The molecule has 23 heavy (non-hydrogen) atoms. The maximum Gasteiger partial charge on any atom is 0.271 e. The van der Waals surface area contributed by atoms with Gasteiger partial charge in [-0.3, -0.25) is 14.9 Å². The van der Waals surface area contributed by atoms with Crippen LogP contribution in [0.3, 0.4) is 0 Å². The molecule has 0 bridgehead atoms. The van der Waals surface area contributed by atoms with Gasteiger partial charge in [0.05, 0.1) is 23.5 Å². The third kappa shape index (κ3) is 4.68. The van der Waals surface area contributed by atoms with Crippen LogP contribution in [0.2, 0.25) is 0 Å². The van der Waals surface area contributed by atoms with Crippen molar-refractivity contribution in [2.45, 2.75) is 4.90 Å². The molecule has 120 valence electrons. The first kappa shape index (κ1) is 16.8. The zero-order chi connectivity index (χ0) is 16.8. The molecule has 8 heteroatoms. The molecule has 2 aromatic rings. The molecule has 0 radical (unpaired) electrons. The molecule has 0 saturated carbocycles. The van der Waals surface area contributed by atoms with Crippen molar-refractivity contribution in [3.8, 4) is 5.75 Å². The molecule has 6 nitrogen and oxygen atoms in total. The number of hydrogen-bond donors (Lipinski definition) is 1. The molecule has 0 heterocycles. The minimum absolute atomic E-state index is 0.0808. The maximum atomic E-state index is 12.8. The zero-order valence-corrected chi connectivity index (χ0v) is 12.9. The molecule has 2 aromatic carbocycles. The van der Waals surface area contributed by atoms with Gasteiger partial charge in [0.2, 0.25) is 5.91 Å². The number of non-ortho nitro benzene ring substituents is 1. The molecule has 0 atom stereocenters. The maximum absolute atomic E-state index is 12.8. The van der Waals surface area contributed by atoms with Gasteiger partial charge in [0.1, 0.15) is 11.6 Å². The van der Waals surface area contributed by atoms with Gasteiger partial charge in [0.25, 0.3) is 5.69 Å². The summed E-state index contributed by atoms with van der Waals surface area (Å²) in [6.07, 6.45) is 0. The highest BCUT2D eigenvalue weighted by molar-refractivity contribution is 8.00. The zero-order valence-electron chi connectivity index (χ0n) is 12.1. The number of nitro groups is 1. The van der Waals surface area contributed by atoms with Crippen LogP contribution in [0.1, 0.15) is 0 Å². The highest BCUT2D eigenvalue weighted by Crippen LogP contribution is 2.29. The van der Waals surface area contributed by atoms with E-state index >= 15 is 0 Å². The second-order valence-corrected chi connectivity index (χ2v) is 5.48. The normalized spacial score (nSPS) is 10.2. The summed E-state index contributed by atoms with van der Waals surface area (Å²) in [4.78, 5) is 23.0. The smallest absolute Gasteiger partial charge is 0.271 e. The monoisotopic (exact) mass is 336 g/mol. The average Bonchev–Trinajstić information content (AvgIpc) is 2.54. The van der Waals surface area contributed by atoms with Crippen LogP contribution in [0.25, 0.3) is 0 Å². The van der Waals surface area contributed by atoms with Gasteiger partial charge in [-0.15, -0.1) is 11.8 Å². The second-order valence-electron chi connectivity index (χ2n) is 4.43. The number of nitrogens with one attached hydrogen (secondary N) is 1. The number of carbonyl (C=O) groups excluding carboxylic acids is 1. The van der Waals surface area contributed by atoms with Crippen molar-refractivity contribution in [3.63, 3.8) is 0 Å². The van der Waals surface area contributed by atoms with Crippen LogP contribution < -0.4 is 10.1 Å². The van der Waals surface area contributed by atoms with E-state index in [1.165, 1.54) is 49.2 Å². The standard InChI is InChI=1S/C15H13FN2O4S/c1-22-14-7-4-11(18(20)21)8-13(14)17-15(19)9-23-12-5-2-10(16)3-6-12/h2-8H,9H2,1H3,(H,17,19). The Morgan fingerprint density at radius 2 is 2.00 bits per heavy atom. The summed E-state index contributed by atoms with van der Waals surface area (Å²) in [5.74, 6) is -0.286. The van der Waals surface area contributed by atoms with Crippen LogP contribution in [0.5, 0.6) is 5.75 Å². The Kier molecular flexibility index (Phi) is 5.53. The first-order valence-electron chi connectivity index (χ1n) is 6.50. The Morgan fingerprint density at radius 3 is 2.61 bits per heavy atom. The summed E-state index contributed by atoms with van der Waals surface area (Å²) in [6.45, 7) is 0. The Morgan fingerprint density at radius 1 is 1.30 bits per heavy atom. The number of carbonyl (C=O) groups is 1. The fraction of sp³-hybridized carbons (Fsp3) is 0.133. The average molecular weight is 336 g/mol. The van der Waals surface area contributed by atoms with Crippen molar-refractivity contribution in [1.82, 2.24) is 0 Å². The summed E-state index contributed by atoms with van der Waals surface area (Å²) < 4.78 is 17.9. The number of ether oxygens (including phenoxy) is 1. The van der Waals surface area contributed by atoms with E-state index in [4.69, 9.17) is 4.74 Å². The number of rotatable bonds is 6. The van der Waals surface area contributed by atoms with E-state index in [-0.39, 0.29) is 28.9 Å². The van der Waals surface area contributed by atoms with E-state index in [1.54, 1.807) is 12.1 Å². The van der Waals surface area contributed by atoms with E-state index in [9.17, 15) is 19.3 Å². The second kappa shape index (κ2) is 7.59. The molecule has 0 aliphatic carbocycles. The highest BCUT2D eigenvalue weighted by atomic mass is 32.2. The first-order chi connectivity index (χ1) is 11.0. The fourth-order valence-electron chi connectivity index (χ4n) is 1.77. The number of benzene rings is 2. The Hall–Kier alpha value is -2.61. The summed E-state index contributed by atoms with van der Waals surface area (Å²) in [5, 5.41) is 13.4. The molecule has 0 spiro atoms. The summed E-state index contributed by atoms with van der Waals surface area (Å²) >= 11 is 1.23. The van der Waals surface area contributed by atoms with Gasteiger partial charge in [-0.05, 0) is 30.3 Å². The lowest BCUT2D eigenvalue weighted by molar-refractivity contribution is -0.384. The van der Waals surface area contributed by atoms with E-state index in [2.05, 4.69) is 5.32 Å². The first-order valence-corrected chi connectivity index (χ1v) is 7.49. The topological polar surface area (TPSA) is 81.5 Å². The van der Waals surface area contributed by atoms with Gasteiger partial charge in [0.15, 0.2) is 0 Å². The van der Waals surface area contributed by atoms with E-state index in [0.717, 1.165) is 4.90 Å². The molecule has 2 rings (SSSR count). The number of amides is 1.